The summed E-state index contributed by atoms with van der Waals surface area (Å²) in [5.74, 6) is -2.99. The van der Waals surface area contributed by atoms with Crippen LogP contribution in [0.1, 0.15) is 27.7 Å². The molecule has 0 aromatic heterocycles. The van der Waals surface area contributed by atoms with Gasteiger partial charge in [0.05, 0.1) is 12.8 Å². The maximum atomic E-state index is 12.2. The van der Waals surface area contributed by atoms with Gasteiger partial charge in [0.25, 0.3) is 0 Å². The molecule has 0 bridgehead atoms. The largest absolute Gasteiger partial charge is 0.491 e. The van der Waals surface area contributed by atoms with E-state index in [0.29, 0.717) is 0 Å². The van der Waals surface area contributed by atoms with E-state index in [-0.39, 0.29) is 11.5 Å². The first-order chi connectivity index (χ1) is 7.91. The number of ether oxygens (including phenoxy) is 1. The summed E-state index contributed by atoms with van der Waals surface area (Å²) >= 11 is 0. The Balaban J connectivity index is 5.56. The Morgan fingerprint density at radius 2 is 1.56 bits per heavy atom. The molecule has 0 spiro atoms. The number of hydrogen-bond donors (Lipinski definition) is 1. The number of carbonyl (C=O) groups is 2. The first-order valence-electron chi connectivity index (χ1n) is 5.09. The van der Waals surface area contributed by atoms with Crippen LogP contribution in [0.2, 0.25) is 0 Å². The van der Waals surface area contributed by atoms with Crippen LogP contribution in [-0.4, -0.2) is 25.0 Å². The number of halogens is 3. The summed E-state index contributed by atoms with van der Waals surface area (Å²) in [5, 5.41) is 1.70. The second-order valence-corrected chi connectivity index (χ2v) is 4.67. The number of allylic oxidation sites excluding steroid dienone is 2. The number of methoxy groups -OCH3 is 1. The minimum Gasteiger partial charge on any atom is -0.491 e. The molecule has 0 rings (SSSR count). The Hall–Kier alpha value is -1.53. The van der Waals surface area contributed by atoms with Crippen molar-refractivity contribution in [3.05, 3.63) is 11.5 Å². The zero-order valence-corrected chi connectivity index (χ0v) is 10.9. The Kier molecular flexibility index (Phi) is 4.95. The van der Waals surface area contributed by atoms with Crippen molar-refractivity contribution in [1.29, 1.82) is 0 Å². The van der Waals surface area contributed by atoms with E-state index in [1.807, 2.05) is 0 Å². The molecule has 1 amide bonds. The topological polar surface area (TPSA) is 55.4 Å². The SMILES string of the molecule is CO/C(C(C)=O)=C(/NC(=O)C(F)(F)F)C(C)(C)C. The molecule has 4 nitrogen and oxygen atoms in total. The molecule has 0 aromatic rings. The van der Waals surface area contributed by atoms with Gasteiger partial charge in [-0.15, -0.1) is 0 Å². The van der Waals surface area contributed by atoms with Gasteiger partial charge < -0.3 is 10.1 Å². The van der Waals surface area contributed by atoms with Gasteiger partial charge in [0.15, 0.2) is 11.5 Å². The molecule has 7 heteroatoms. The second kappa shape index (κ2) is 5.41. The summed E-state index contributed by atoms with van der Waals surface area (Å²) in [5.41, 5.74) is -1.07. The van der Waals surface area contributed by atoms with Crippen LogP contribution < -0.4 is 5.32 Å². The maximum Gasteiger partial charge on any atom is 0.471 e. The number of rotatable bonds is 3. The molecule has 104 valence electrons. The minimum absolute atomic E-state index is 0.195. The number of carbonyl (C=O) groups excluding carboxylic acids is 2. The molecule has 0 heterocycles. The standard InChI is InChI=1S/C11H16F3NO3/c1-6(16)7(18-5)8(10(2,3)4)15-9(17)11(12,13)14/h1-5H3,(H,15,17)/b8-7+. The Morgan fingerprint density at radius 3 is 1.78 bits per heavy atom. The zero-order valence-electron chi connectivity index (χ0n) is 10.9. The third kappa shape index (κ3) is 4.38. The van der Waals surface area contributed by atoms with Gasteiger partial charge in [-0.25, -0.2) is 0 Å². The average molecular weight is 267 g/mol. The van der Waals surface area contributed by atoms with E-state index in [4.69, 9.17) is 4.74 Å². The summed E-state index contributed by atoms with van der Waals surface area (Å²) in [6.07, 6.45) is -5.02. The monoisotopic (exact) mass is 267 g/mol. The van der Waals surface area contributed by atoms with Crippen molar-refractivity contribution in [2.75, 3.05) is 7.11 Å². The van der Waals surface area contributed by atoms with Crippen LogP contribution in [0, 0.1) is 5.41 Å². The van der Waals surface area contributed by atoms with Crippen molar-refractivity contribution in [3.8, 4) is 0 Å². The fourth-order valence-corrected chi connectivity index (χ4v) is 1.19. The fraction of sp³-hybridized carbons (Fsp3) is 0.636. The lowest BCUT2D eigenvalue weighted by Gasteiger charge is -2.26. The molecule has 0 aliphatic carbocycles. The van der Waals surface area contributed by atoms with Crippen LogP contribution in [0.5, 0.6) is 0 Å². The van der Waals surface area contributed by atoms with Crippen LogP contribution in [0.3, 0.4) is 0 Å². The Bertz CT molecular complexity index is 378. The van der Waals surface area contributed by atoms with E-state index < -0.39 is 23.3 Å². The van der Waals surface area contributed by atoms with Crippen molar-refractivity contribution < 1.29 is 27.5 Å². The normalized spacial score (nSPS) is 13.8. The first kappa shape index (κ1) is 16.5. The third-order valence-corrected chi connectivity index (χ3v) is 2.00. The highest BCUT2D eigenvalue weighted by Crippen LogP contribution is 2.28. The Labute approximate surface area is 103 Å². The van der Waals surface area contributed by atoms with Gasteiger partial charge >= 0.3 is 12.1 Å². The highest BCUT2D eigenvalue weighted by Gasteiger charge is 2.41. The van der Waals surface area contributed by atoms with E-state index in [2.05, 4.69) is 0 Å². The number of Topliss-reactive ketones (excluding diaryl/α,β-unsaturated/α-hetero) is 1. The molecule has 0 unspecified atom stereocenters. The molecule has 0 radical (unpaired) electrons. The molecular formula is C11H16F3NO3. The summed E-state index contributed by atoms with van der Waals surface area (Å²) in [6.45, 7) is 5.81. The molecule has 18 heavy (non-hydrogen) atoms. The fourth-order valence-electron chi connectivity index (χ4n) is 1.19. The summed E-state index contributed by atoms with van der Waals surface area (Å²) in [6, 6.07) is 0. The lowest BCUT2D eigenvalue weighted by Crippen LogP contribution is -2.40. The van der Waals surface area contributed by atoms with E-state index in [1.54, 1.807) is 26.1 Å². The quantitative estimate of drug-likeness (QED) is 0.629. The highest BCUT2D eigenvalue weighted by atomic mass is 19.4. The zero-order chi connectivity index (χ0) is 14.7. The molecule has 1 N–H and O–H groups in total. The van der Waals surface area contributed by atoms with Crippen molar-refractivity contribution in [2.45, 2.75) is 33.9 Å². The van der Waals surface area contributed by atoms with E-state index in [9.17, 15) is 22.8 Å². The molecule has 0 fully saturated rings. The number of nitrogens with one attached hydrogen (secondary N) is 1. The second-order valence-electron chi connectivity index (χ2n) is 4.67. The number of ketones is 1. The maximum absolute atomic E-state index is 12.2. The number of hydrogen-bond acceptors (Lipinski definition) is 3. The predicted molar refractivity (Wildman–Crippen MR) is 58.4 cm³/mol. The van der Waals surface area contributed by atoms with Crippen LogP contribution in [-0.2, 0) is 14.3 Å². The minimum atomic E-state index is -5.02. The van der Waals surface area contributed by atoms with Crippen LogP contribution >= 0.6 is 0 Å². The molecule has 0 saturated carbocycles. The third-order valence-electron chi connectivity index (χ3n) is 2.00. The van der Waals surface area contributed by atoms with E-state index in [1.165, 1.54) is 0 Å². The van der Waals surface area contributed by atoms with Crippen LogP contribution in [0.15, 0.2) is 11.5 Å². The molecule has 0 aliphatic heterocycles. The highest BCUT2D eigenvalue weighted by molar-refractivity contribution is 5.93. The Morgan fingerprint density at radius 1 is 1.11 bits per heavy atom. The van der Waals surface area contributed by atoms with E-state index in [0.717, 1.165) is 14.0 Å². The van der Waals surface area contributed by atoms with Gasteiger partial charge in [-0.05, 0) is 0 Å². The molecule has 0 atom stereocenters. The van der Waals surface area contributed by atoms with Gasteiger partial charge in [-0.2, -0.15) is 13.2 Å². The van der Waals surface area contributed by atoms with Crippen LogP contribution in [0.4, 0.5) is 13.2 Å². The summed E-state index contributed by atoms with van der Waals surface area (Å²) < 4.78 is 41.4. The van der Waals surface area contributed by atoms with Gasteiger partial charge in [-0.1, -0.05) is 20.8 Å². The van der Waals surface area contributed by atoms with Crippen LogP contribution in [0.25, 0.3) is 0 Å². The predicted octanol–water partition coefficient (Wildman–Crippen LogP) is 2.16. The van der Waals surface area contributed by atoms with E-state index >= 15 is 0 Å². The molecular weight excluding hydrogens is 251 g/mol. The van der Waals surface area contributed by atoms with Gasteiger partial charge in [0.1, 0.15) is 0 Å². The van der Waals surface area contributed by atoms with Crippen molar-refractivity contribution >= 4 is 11.7 Å². The van der Waals surface area contributed by atoms with Gasteiger partial charge in [0.2, 0.25) is 0 Å². The first-order valence-corrected chi connectivity index (χ1v) is 5.09. The molecule has 0 aromatic carbocycles. The van der Waals surface area contributed by atoms with Crippen molar-refractivity contribution in [3.63, 3.8) is 0 Å². The average Bonchev–Trinajstić information content (AvgIpc) is 2.13. The smallest absolute Gasteiger partial charge is 0.471 e. The lowest BCUT2D eigenvalue weighted by molar-refractivity contribution is -0.173. The van der Waals surface area contributed by atoms with Crippen molar-refractivity contribution in [2.24, 2.45) is 5.41 Å². The van der Waals surface area contributed by atoms with Gasteiger partial charge in [0, 0.05) is 12.3 Å². The van der Waals surface area contributed by atoms with Gasteiger partial charge in [-0.3, -0.25) is 9.59 Å². The lowest BCUT2D eigenvalue weighted by atomic mass is 9.90. The summed E-state index contributed by atoms with van der Waals surface area (Å²) in [7, 11) is 1.15. The van der Waals surface area contributed by atoms with Crippen molar-refractivity contribution in [1.82, 2.24) is 5.32 Å². The number of alkyl halides is 3. The molecule has 0 aliphatic rings. The number of amides is 1. The molecule has 0 saturated heterocycles. The summed E-state index contributed by atoms with van der Waals surface area (Å²) in [4.78, 5) is 22.2.